The number of rotatable bonds is 4. The van der Waals surface area contributed by atoms with Gasteiger partial charge in [-0.3, -0.25) is 0 Å². The fraction of sp³-hybridized carbons (Fsp3) is 0.435. The number of fused-ring (bicyclic) bond motifs is 1. The van der Waals surface area contributed by atoms with Crippen LogP contribution in [0.5, 0.6) is 11.5 Å². The number of esters is 1. The Kier molecular flexibility index (Phi) is 3.83. The van der Waals surface area contributed by atoms with Crippen molar-refractivity contribution < 1.29 is 19.4 Å². The van der Waals surface area contributed by atoms with E-state index in [9.17, 15) is 9.90 Å². The SMILES string of the molecule is C/C=C/C=C/C(=O)Oc1ccc2c3c1O[C@H]1[C@@H](O)C=C4C[C@]31[C@@H]4[C@H](N(C)C)C2. The van der Waals surface area contributed by atoms with Crippen molar-refractivity contribution in [2.24, 2.45) is 5.92 Å². The minimum Gasteiger partial charge on any atom is -0.482 e. The molecule has 0 aromatic heterocycles. The summed E-state index contributed by atoms with van der Waals surface area (Å²) in [7, 11) is 4.24. The predicted molar refractivity (Wildman–Crippen MR) is 106 cm³/mol. The zero-order valence-corrected chi connectivity index (χ0v) is 16.4. The average molecular weight is 379 g/mol. The summed E-state index contributed by atoms with van der Waals surface area (Å²) < 4.78 is 11.9. The predicted octanol–water partition coefficient (Wildman–Crippen LogP) is 2.53. The Morgan fingerprint density at radius 2 is 2.18 bits per heavy atom. The summed E-state index contributed by atoms with van der Waals surface area (Å²) in [4.78, 5) is 14.5. The van der Waals surface area contributed by atoms with Gasteiger partial charge in [-0.25, -0.2) is 4.79 Å². The number of carbonyl (C=O) groups excluding carboxylic acids is 1. The van der Waals surface area contributed by atoms with Crippen LogP contribution in [0.15, 0.2) is 48.1 Å². The lowest BCUT2D eigenvalue weighted by Gasteiger charge is -2.62. The lowest BCUT2D eigenvalue weighted by atomic mass is 9.43. The van der Waals surface area contributed by atoms with Gasteiger partial charge in [-0.15, -0.1) is 0 Å². The van der Waals surface area contributed by atoms with Gasteiger partial charge in [0.2, 0.25) is 0 Å². The maximum absolute atomic E-state index is 12.2. The molecule has 1 spiro atoms. The molecule has 2 bridgehead atoms. The highest BCUT2D eigenvalue weighted by Crippen LogP contribution is 2.69. The van der Waals surface area contributed by atoms with Crippen molar-refractivity contribution >= 4 is 5.97 Å². The first-order valence-corrected chi connectivity index (χ1v) is 9.86. The molecule has 5 atom stereocenters. The molecule has 1 aromatic rings. The molecule has 0 saturated heterocycles. The fourth-order valence-electron chi connectivity index (χ4n) is 5.78. The van der Waals surface area contributed by atoms with E-state index in [0.29, 0.717) is 23.5 Å². The molecule has 1 aromatic carbocycles. The third-order valence-electron chi connectivity index (χ3n) is 6.80. The number of carbonyl (C=O) groups is 1. The van der Waals surface area contributed by atoms with E-state index in [-0.39, 0.29) is 11.5 Å². The number of aliphatic hydroxyl groups excluding tert-OH is 1. The summed E-state index contributed by atoms with van der Waals surface area (Å²) in [5.74, 6) is 1.01. The standard InChI is InChI=1S/C23H25NO4/c1-4-5-6-7-18(26)27-17-9-8-13-10-15(24(2)3)19-14-11-16(25)22-23(19,12-14)20(13)21(17)28-22/h4-9,11,15-16,19,22,25H,10,12H2,1-3H3/b5-4+,7-6+/t15-,16+,19+,22+,23+/m1/s1. The topological polar surface area (TPSA) is 59.0 Å². The molecule has 6 rings (SSSR count). The largest absolute Gasteiger partial charge is 0.482 e. The van der Waals surface area contributed by atoms with Crippen LogP contribution < -0.4 is 9.47 Å². The number of hydrogen-bond donors (Lipinski definition) is 1. The highest BCUT2D eigenvalue weighted by atomic mass is 16.6. The summed E-state index contributed by atoms with van der Waals surface area (Å²) in [5, 5.41) is 10.7. The summed E-state index contributed by atoms with van der Waals surface area (Å²) in [5.41, 5.74) is 3.52. The third-order valence-corrected chi connectivity index (χ3v) is 6.80. The van der Waals surface area contributed by atoms with Crippen LogP contribution in [-0.4, -0.2) is 48.3 Å². The highest BCUT2D eigenvalue weighted by Gasteiger charge is 2.70. The van der Waals surface area contributed by atoms with E-state index in [2.05, 4.69) is 25.1 Å². The van der Waals surface area contributed by atoms with Gasteiger partial charge in [0.25, 0.3) is 0 Å². The molecule has 146 valence electrons. The molecule has 5 heteroatoms. The number of ether oxygens (including phenoxy) is 2. The van der Waals surface area contributed by atoms with Crippen molar-refractivity contribution in [2.45, 2.75) is 43.4 Å². The van der Waals surface area contributed by atoms with Crippen LogP contribution in [0, 0.1) is 5.92 Å². The van der Waals surface area contributed by atoms with Crippen LogP contribution in [0.25, 0.3) is 0 Å². The van der Waals surface area contributed by atoms with Gasteiger partial charge in [0.15, 0.2) is 11.5 Å². The molecular formula is C23H25NO4. The molecule has 1 N–H and O–H groups in total. The molecule has 1 saturated carbocycles. The van der Waals surface area contributed by atoms with Crippen LogP contribution in [0.2, 0.25) is 0 Å². The van der Waals surface area contributed by atoms with E-state index in [1.54, 1.807) is 12.2 Å². The zero-order chi connectivity index (χ0) is 19.6. The average Bonchev–Trinajstić information content (AvgIpc) is 3.02. The summed E-state index contributed by atoms with van der Waals surface area (Å²) in [6.45, 7) is 1.89. The molecule has 4 aliphatic carbocycles. The van der Waals surface area contributed by atoms with Crippen molar-refractivity contribution in [3.05, 3.63) is 59.2 Å². The van der Waals surface area contributed by atoms with Crippen LogP contribution in [0.1, 0.15) is 24.5 Å². The maximum atomic E-state index is 12.2. The Hall–Kier alpha value is -2.37. The molecule has 5 nitrogen and oxygen atoms in total. The smallest absolute Gasteiger partial charge is 0.336 e. The monoisotopic (exact) mass is 379 g/mol. The lowest BCUT2D eigenvalue weighted by molar-refractivity contribution is -0.129. The molecule has 28 heavy (non-hydrogen) atoms. The van der Waals surface area contributed by atoms with Gasteiger partial charge in [-0.2, -0.15) is 0 Å². The van der Waals surface area contributed by atoms with E-state index < -0.39 is 12.1 Å². The molecule has 1 fully saturated rings. The Labute approximate surface area is 164 Å². The first-order chi connectivity index (χ1) is 13.5. The van der Waals surface area contributed by atoms with Gasteiger partial charge in [0, 0.05) is 23.6 Å². The number of likely N-dealkylation sites (N-methyl/N-ethyl adjacent to an activating group) is 1. The van der Waals surface area contributed by atoms with Gasteiger partial charge in [-0.05, 0) is 45.5 Å². The number of allylic oxidation sites excluding steroid dienone is 3. The van der Waals surface area contributed by atoms with Gasteiger partial charge in [-0.1, -0.05) is 35.9 Å². The quantitative estimate of drug-likeness (QED) is 0.286. The van der Waals surface area contributed by atoms with E-state index in [1.807, 2.05) is 25.1 Å². The minimum atomic E-state index is -0.626. The van der Waals surface area contributed by atoms with Crippen molar-refractivity contribution in [3.63, 3.8) is 0 Å². The zero-order valence-electron chi connectivity index (χ0n) is 16.4. The molecular weight excluding hydrogens is 354 g/mol. The number of nitrogens with zero attached hydrogens (tertiary/aromatic N) is 1. The van der Waals surface area contributed by atoms with E-state index in [1.165, 1.54) is 17.2 Å². The van der Waals surface area contributed by atoms with Gasteiger partial charge >= 0.3 is 5.97 Å². The minimum absolute atomic E-state index is 0.204. The first kappa shape index (κ1) is 17.7. The summed E-state index contributed by atoms with van der Waals surface area (Å²) >= 11 is 0. The third kappa shape index (κ3) is 2.17. The van der Waals surface area contributed by atoms with Gasteiger partial charge in [0.1, 0.15) is 12.2 Å². The van der Waals surface area contributed by atoms with Crippen molar-refractivity contribution in [2.75, 3.05) is 14.1 Å². The Bertz CT molecular complexity index is 944. The lowest BCUT2D eigenvalue weighted by Crippen LogP contribution is -2.67. The second kappa shape index (κ2) is 6.06. The molecule has 1 heterocycles. The Morgan fingerprint density at radius 1 is 1.36 bits per heavy atom. The number of benzene rings is 1. The second-order valence-electron chi connectivity index (χ2n) is 8.43. The highest BCUT2D eigenvalue weighted by molar-refractivity contribution is 5.85. The van der Waals surface area contributed by atoms with Gasteiger partial charge in [0.05, 0.1) is 5.41 Å². The van der Waals surface area contributed by atoms with Crippen molar-refractivity contribution in [3.8, 4) is 11.5 Å². The normalized spacial score (nSPS) is 34.2. The molecule has 5 aliphatic rings. The Morgan fingerprint density at radius 3 is 2.93 bits per heavy atom. The van der Waals surface area contributed by atoms with E-state index >= 15 is 0 Å². The van der Waals surface area contributed by atoms with E-state index in [4.69, 9.17) is 9.47 Å². The van der Waals surface area contributed by atoms with Crippen LogP contribution in [-0.2, 0) is 16.6 Å². The fourth-order valence-corrected chi connectivity index (χ4v) is 5.78. The molecule has 0 unspecified atom stereocenters. The molecule has 1 aliphatic heterocycles. The maximum Gasteiger partial charge on any atom is 0.336 e. The van der Waals surface area contributed by atoms with Crippen LogP contribution in [0.3, 0.4) is 0 Å². The first-order valence-electron chi connectivity index (χ1n) is 9.86. The number of aliphatic hydroxyl groups is 1. The van der Waals surface area contributed by atoms with Gasteiger partial charge < -0.3 is 19.5 Å². The van der Waals surface area contributed by atoms with Crippen LogP contribution >= 0.6 is 0 Å². The number of hydrogen-bond acceptors (Lipinski definition) is 5. The van der Waals surface area contributed by atoms with Crippen LogP contribution in [0.4, 0.5) is 0 Å². The summed E-state index contributed by atoms with van der Waals surface area (Å²) in [6, 6.07) is 4.28. The van der Waals surface area contributed by atoms with E-state index in [0.717, 1.165) is 18.4 Å². The Balaban J connectivity index is 1.58. The van der Waals surface area contributed by atoms with Crippen molar-refractivity contribution in [1.29, 1.82) is 0 Å². The molecule has 0 amide bonds. The molecule has 0 radical (unpaired) electrons. The van der Waals surface area contributed by atoms with Crippen molar-refractivity contribution in [1.82, 2.24) is 4.90 Å². The second-order valence-corrected chi connectivity index (χ2v) is 8.43. The summed E-state index contributed by atoms with van der Waals surface area (Å²) in [6.07, 6.45) is 9.57.